The van der Waals surface area contributed by atoms with Gasteiger partial charge in [-0.25, -0.2) is 8.42 Å². The standard InChI is InChI=1S/C24H19NO4S/c26-23-18-9-3-4-11-21(18)30(28,29)22-14-16(12-13-19(22)23)24(27)25-20-10-5-7-15-6-1-2-8-17(15)20/h1-4,6,8-9,11-14,20H,5,7,10H2,(H,25,27)/t20-/m1/s1. The van der Waals surface area contributed by atoms with Gasteiger partial charge in [-0.1, -0.05) is 36.4 Å². The van der Waals surface area contributed by atoms with E-state index in [-0.39, 0.29) is 44.2 Å². The lowest BCUT2D eigenvalue weighted by Gasteiger charge is -2.26. The molecule has 0 saturated heterocycles. The summed E-state index contributed by atoms with van der Waals surface area (Å²) in [5.74, 6) is -0.690. The molecule has 150 valence electrons. The highest BCUT2D eigenvalue weighted by molar-refractivity contribution is 7.91. The van der Waals surface area contributed by atoms with Crippen molar-refractivity contribution in [3.63, 3.8) is 0 Å². The smallest absolute Gasteiger partial charge is 0.251 e. The van der Waals surface area contributed by atoms with E-state index >= 15 is 0 Å². The van der Waals surface area contributed by atoms with Crippen molar-refractivity contribution in [3.8, 4) is 0 Å². The van der Waals surface area contributed by atoms with Gasteiger partial charge in [0, 0.05) is 16.7 Å². The topological polar surface area (TPSA) is 80.3 Å². The van der Waals surface area contributed by atoms with Crippen LogP contribution in [0.4, 0.5) is 0 Å². The first-order valence-electron chi connectivity index (χ1n) is 9.88. The molecule has 0 fully saturated rings. The first kappa shape index (κ1) is 18.8. The second-order valence-corrected chi connectivity index (χ2v) is 9.54. The number of fused-ring (bicyclic) bond motifs is 3. The lowest BCUT2D eigenvalue weighted by molar-refractivity contribution is 0.0931. The first-order valence-corrected chi connectivity index (χ1v) is 11.4. The monoisotopic (exact) mass is 417 g/mol. The number of hydrogen-bond acceptors (Lipinski definition) is 4. The summed E-state index contributed by atoms with van der Waals surface area (Å²) in [5.41, 5.74) is 2.83. The fourth-order valence-electron chi connectivity index (χ4n) is 4.37. The third-order valence-electron chi connectivity index (χ3n) is 5.87. The average Bonchev–Trinajstić information content (AvgIpc) is 2.78. The molecule has 1 aliphatic carbocycles. The van der Waals surface area contributed by atoms with Gasteiger partial charge >= 0.3 is 0 Å². The van der Waals surface area contributed by atoms with Gasteiger partial charge in [-0.05, 0) is 60.7 Å². The predicted octanol–water partition coefficient (Wildman–Crippen LogP) is 3.87. The minimum atomic E-state index is -3.87. The zero-order chi connectivity index (χ0) is 20.9. The van der Waals surface area contributed by atoms with Crippen LogP contribution in [0, 0.1) is 0 Å². The van der Waals surface area contributed by atoms with E-state index in [0.717, 1.165) is 24.8 Å². The number of rotatable bonds is 2. The summed E-state index contributed by atoms with van der Waals surface area (Å²) in [6.07, 6.45) is 2.80. The van der Waals surface area contributed by atoms with E-state index in [4.69, 9.17) is 0 Å². The number of nitrogens with one attached hydrogen (secondary N) is 1. The van der Waals surface area contributed by atoms with E-state index in [1.165, 1.54) is 35.9 Å². The van der Waals surface area contributed by atoms with E-state index in [1.807, 2.05) is 18.2 Å². The summed E-state index contributed by atoms with van der Waals surface area (Å²) in [6.45, 7) is 0. The number of ketones is 1. The molecule has 6 heteroatoms. The molecular weight excluding hydrogens is 398 g/mol. The van der Waals surface area contributed by atoms with Gasteiger partial charge in [0.1, 0.15) is 0 Å². The Labute approximate surface area is 174 Å². The highest BCUT2D eigenvalue weighted by Gasteiger charge is 2.35. The van der Waals surface area contributed by atoms with Crippen LogP contribution in [0.15, 0.2) is 76.5 Å². The highest BCUT2D eigenvalue weighted by atomic mass is 32.2. The van der Waals surface area contributed by atoms with Crippen LogP contribution in [0.2, 0.25) is 0 Å². The number of benzene rings is 3. The lowest BCUT2D eigenvalue weighted by atomic mass is 9.87. The first-order chi connectivity index (χ1) is 14.5. The molecule has 3 aromatic rings. The summed E-state index contributed by atoms with van der Waals surface area (Å²) < 4.78 is 26.2. The second kappa shape index (κ2) is 6.92. The Morgan fingerprint density at radius 1 is 0.900 bits per heavy atom. The molecule has 0 aromatic heterocycles. The zero-order valence-corrected chi connectivity index (χ0v) is 16.9. The Hall–Kier alpha value is -3.25. The Kier molecular flexibility index (Phi) is 4.33. The molecule has 30 heavy (non-hydrogen) atoms. The number of carbonyl (C=O) groups is 2. The van der Waals surface area contributed by atoms with Crippen molar-refractivity contribution in [2.45, 2.75) is 35.1 Å². The van der Waals surface area contributed by atoms with Crippen LogP contribution in [0.3, 0.4) is 0 Å². The van der Waals surface area contributed by atoms with E-state index in [2.05, 4.69) is 11.4 Å². The largest absolute Gasteiger partial charge is 0.345 e. The summed E-state index contributed by atoms with van der Waals surface area (Å²) in [5, 5.41) is 3.04. The Morgan fingerprint density at radius 2 is 1.63 bits per heavy atom. The molecule has 1 heterocycles. The number of hydrogen-bond donors (Lipinski definition) is 1. The highest BCUT2D eigenvalue weighted by Crippen LogP contribution is 2.35. The fraction of sp³-hybridized carbons (Fsp3) is 0.167. The fourth-order valence-corrected chi connectivity index (χ4v) is 6.05. The molecule has 0 saturated carbocycles. The maximum absolute atomic E-state index is 13.1. The third kappa shape index (κ3) is 2.87. The van der Waals surface area contributed by atoms with Crippen LogP contribution in [-0.4, -0.2) is 20.1 Å². The van der Waals surface area contributed by atoms with Gasteiger partial charge in [-0.15, -0.1) is 0 Å². The lowest BCUT2D eigenvalue weighted by Crippen LogP contribution is -2.31. The van der Waals surface area contributed by atoms with Crippen molar-refractivity contribution < 1.29 is 18.0 Å². The Morgan fingerprint density at radius 3 is 2.50 bits per heavy atom. The van der Waals surface area contributed by atoms with Gasteiger partial charge in [-0.3, -0.25) is 9.59 Å². The van der Waals surface area contributed by atoms with Gasteiger partial charge in [0.15, 0.2) is 5.78 Å². The molecule has 0 radical (unpaired) electrons. The van der Waals surface area contributed by atoms with E-state index in [0.29, 0.717) is 0 Å². The van der Waals surface area contributed by atoms with Crippen molar-refractivity contribution in [1.29, 1.82) is 0 Å². The molecule has 1 atom stereocenters. The molecule has 0 unspecified atom stereocenters. The molecule has 0 spiro atoms. The average molecular weight is 417 g/mol. The van der Waals surface area contributed by atoms with Crippen LogP contribution in [0.1, 0.15) is 56.3 Å². The number of carbonyl (C=O) groups excluding carboxylic acids is 2. The van der Waals surface area contributed by atoms with E-state index in [1.54, 1.807) is 12.1 Å². The molecule has 1 N–H and O–H groups in total. The second-order valence-electron chi connectivity index (χ2n) is 7.66. The van der Waals surface area contributed by atoms with Crippen LogP contribution in [0.5, 0.6) is 0 Å². The van der Waals surface area contributed by atoms with Gasteiger partial charge in [0.25, 0.3) is 5.91 Å². The van der Waals surface area contributed by atoms with Gasteiger partial charge < -0.3 is 5.32 Å². The maximum Gasteiger partial charge on any atom is 0.251 e. The number of aryl methyl sites for hydroxylation is 1. The summed E-state index contributed by atoms with van der Waals surface area (Å²) in [6, 6.07) is 18.4. The van der Waals surface area contributed by atoms with E-state index in [9.17, 15) is 18.0 Å². The molecule has 5 nitrogen and oxygen atoms in total. The normalized spacial score (nSPS) is 18.7. The zero-order valence-electron chi connectivity index (χ0n) is 16.1. The molecule has 2 aliphatic rings. The predicted molar refractivity (Wildman–Crippen MR) is 111 cm³/mol. The van der Waals surface area contributed by atoms with Crippen molar-refractivity contribution in [2.75, 3.05) is 0 Å². The molecule has 1 amide bonds. The third-order valence-corrected chi connectivity index (χ3v) is 7.73. The van der Waals surface area contributed by atoms with Crippen LogP contribution >= 0.6 is 0 Å². The summed E-state index contributed by atoms with van der Waals surface area (Å²) in [4.78, 5) is 25.6. The van der Waals surface area contributed by atoms with Gasteiger partial charge in [-0.2, -0.15) is 0 Å². The molecule has 1 aliphatic heterocycles. The SMILES string of the molecule is O=C(N[C@@H]1CCCc2ccccc21)c1ccc2c(c1)S(=O)(=O)c1ccccc1C2=O. The van der Waals surface area contributed by atoms with Gasteiger partial charge in [0.05, 0.1) is 15.8 Å². The van der Waals surface area contributed by atoms with Crippen LogP contribution in [0.25, 0.3) is 0 Å². The summed E-state index contributed by atoms with van der Waals surface area (Å²) >= 11 is 0. The maximum atomic E-state index is 13.1. The van der Waals surface area contributed by atoms with E-state index < -0.39 is 9.84 Å². The molecule has 3 aromatic carbocycles. The molecule has 0 bridgehead atoms. The Bertz CT molecular complexity index is 1310. The molecular formula is C24H19NO4S. The van der Waals surface area contributed by atoms with Crippen LogP contribution in [-0.2, 0) is 16.3 Å². The summed E-state index contributed by atoms with van der Waals surface area (Å²) in [7, 11) is -3.87. The quantitative estimate of drug-likeness (QED) is 0.537. The minimum Gasteiger partial charge on any atom is -0.345 e. The van der Waals surface area contributed by atoms with Crippen LogP contribution < -0.4 is 5.32 Å². The number of amides is 1. The van der Waals surface area contributed by atoms with Crippen molar-refractivity contribution in [3.05, 3.63) is 94.5 Å². The Balaban J connectivity index is 1.50. The van der Waals surface area contributed by atoms with Crippen molar-refractivity contribution in [1.82, 2.24) is 5.32 Å². The molecule has 5 rings (SSSR count). The minimum absolute atomic E-state index is 0.0127. The van der Waals surface area contributed by atoms with Gasteiger partial charge in [0.2, 0.25) is 9.84 Å². The van der Waals surface area contributed by atoms with Crippen molar-refractivity contribution in [2.24, 2.45) is 0 Å². The number of sulfone groups is 1. The van der Waals surface area contributed by atoms with Crippen molar-refractivity contribution >= 4 is 21.5 Å².